The van der Waals surface area contributed by atoms with Gasteiger partial charge in [-0.3, -0.25) is 10.1 Å². The number of rotatable bonds is 12. The van der Waals surface area contributed by atoms with Gasteiger partial charge >= 0.3 is 6.03 Å². The Morgan fingerprint density at radius 2 is 2.00 bits per heavy atom. The third-order valence-electron chi connectivity index (χ3n) is 5.45. The highest BCUT2D eigenvalue weighted by molar-refractivity contribution is 7.89. The molecular weight excluding hydrogens is 406 g/mol. The molecule has 2 aliphatic rings. The number of carbonyl (C=O) groups is 2. The van der Waals surface area contributed by atoms with Crippen molar-refractivity contribution in [2.24, 2.45) is 5.92 Å². The lowest BCUT2D eigenvalue weighted by molar-refractivity contribution is -0.118. The van der Waals surface area contributed by atoms with Crippen LogP contribution in [-0.2, 0) is 14.8 Å². The van der Waals surface area contributed by atoms with E-state index in [1.807, 2.05) is 32.0 Å². The van der Waals surface area contributed by atoms with Gasteiger partial charge < -0.3 is 9.64 Å². The van der Waals surface area contributed by atoms with Gasteiger partial charge in [0, 0.05) is 12.6 Å². The number of carbonyl (C=O) groups excluding carboxylic acids is 2. The first kappa shape index (κ1) is 22.6. The Balaban J connectivity index is 1.42. The molecular formula is C21H31N3O5S. The molecule has 0 spiro atoms. The molecule has 2 fully saturated rings. The molecule has 0 aromatic heterocycles. The second kappa shape index (κ2) is 9.78. The molecule has 3 amide bonds. The van der Waals surface area contributed by atoms with Gasteiger partial charge in [-0.1, -0.05) is 18.6 Å². The lowest BCUT2D eigenvalue weighted by Gasteiger charge is -2.17. The van der Waals surface area contributed by atoms with Gasteiger partial charge in [0.05, 0.1) is 12.4 Å². The molecule has 2 N–H and O–H groups in total. The van der Waals surface area contributed by atoms with Crippen LogP contribution in [-0.4, -0.2) is 50.7 Å². The fourth-order valence-corrected chi connectivity index (χ4v) is 4.74. The zero-order valence-corrected chi connectivity index (χ0v) is 18.5. The number of imide groups is 1. The number of nitrogens with one attached hydrogen (secondary N) is 2. The highest BCUT2D eigenvalue weighted by Crippen LogP contribution is 2.31. The molecule has 1 heterocycles. The first-order chi connectivity index (χ1) is 14.2. The van der Waals surface area contributed by atoms with Crippen LogP contribution in [0.15, 0.2) is 18.2 Å². The van der Waals surface area contributed by atoms with Crippen molar-refractivity contribution in [3.05, 3.63) is 29.3 Å². The van der Waals surface area contributed by atoms with Crippen LogP contribution in [0.25, 0.3) is 0 Å². The van der Waals surface area contributed by atoms with Crippen molar-refractivity contribution in [3.63, 3.8) is 0 Å². The number of aryl methyl sites for hydroxylation is 1. The number of ether oxygens (including phenoxy) is 1. The Bertz CT molecular complexity index is 883. The SMILES string of the molecule is Cc1ccc(C(C)NS(=O)(=O)CCCCCN2CC(=O)NC2=O)cc1OCC1CC1. The minimum absolute atomic E-state index is 0.0271. The smallest absolute Gasteiger partial charge is 0.324 e. The van der Waals surface area contributed by atoms with Gasteiger partial charge in [0.1, 0.15) is 12.3 Å². The highest BCUT2D eigenvalue weighted by Gasteiger charge is 2.26. The zero-order valence-electron chi connectivity index (χ0n) is 17.6. The largest absolute Gasteiger partial charge is 0.493 e. The molecule has 8 nitrogen and oxygen atoms in total. The molecule has 1 aliphatic carbocycles. The van der Waals surface area contributed by atoms with Crippen LogP contribution in [0.3, 0.4) is 0 Å². The summed E-state index contributed by atoms with van der Waals surface area (Å²) in [7, 11) is -3.42. The quantitative estimate of drug-likeness (QED) is 0.386. The van der Waals surface area contributed by atoms with Crippen LogP contribution in [0.5, 0.6) is 5.75 Å². The number of urea groups is 1. The van der Waals surface area contributed by atoms with E-state index in [-0.39, 0.29) is 30.3 Å². The number of hydrogen-bond acceptors (Lipinski definition) is 5. The molecule has 1 aliphatic heterocycles. The topological polar surface area (TPSA) is 105 Å². The van der Waals surface area contributed by atoms with Crippen molar-refractivity contribution in [1.29, 1.82) is 0 Å². The molecule has 1 atom stereocenters. The summed E-state index contributed by atoms with van der Waals surface area (Å²) in [5.41, 5.74) is 1.92. The Labute approximate surface area is 178 Å². The Hall–Kier alpha value is -2.13. The van der Waals surface area contributed by atoms with E-state index in [9.17, 15) is 18.0 Å². The Morgan fingerprint density at radius 1 is 1.23 bits per heavy atom. The first-order valence-corrected chi connectivity index (χ1v) is 12.2. The summed E-state index contributed by atoms with van der Waals surface area (Å²) in [6.45, 7) is 5.07. The predicted octanol–water partition coefficient (Wildman–Crippen LogP) is 2.49. The van der Waals surface area contributed by atoms with Crippen LogP contribution in [0, 0.1) is 12.8 Å². The van der Waals surface area contributed by atoms with Gasteiger partial charge in [0.25, 0.3) is 0 Å². The van der Waals surface area contributed by atoms with Gasteiger partial charge in [-0.2, -0.15) is 0 Å². The van der Waals surface area contributed by atoms with Crippen LogP contribution in [0.4, 0.5) is 4.79 Å². The molecule has 0 bridgehead atoms. The molecule has 1 aromatic rings. The van der Waals surface area contributed by atoms with Crippen LogP contribution in [0.1, 0.15) is 56.2 Å². The number of unbranched alkanes of at least 4 members (excludes halogenated alkanes) is 2. The average molecular weight is 438 g/mol. The van der Waals surface area contributed by atoms with Gasteiger partial charge in [-0.05, 0) is 62.6 Å². The third-order valence-corrected chi connectivity index (χ3v) is 6.99. The maximum atomic E-state index is 12.4. The van der Waals surface area contributed by atoms with E-state index in [4.69, 9.17) is 4.74 Å². The highest BCUT2D eigenvalue weighted by atomic mass is 32.2. The molecule has 3 rings (SSSR count). The summed E-state index contributed by atoms with van der Waals surface area (Å²) in [6, 6.07) is 5.09. The van der Waals surface area contributed by atoms with Crippen LogP contribution < -0.4 is 14.8 Å². The van der Waals surface area contributed by atoms with Crippen LogP contribution >= 0.6 is 0 Å². The lowest BCUT2D eigenvalue weighted by atomic mass is 10.1. The molecule has 1 saturated carbocycles. The summed E-state index contributed by atoms with van der Waals surface area (Å²) in [5, 5.41) is 2.23. The molecule has 30 heavy (non-hydrogen) atoms. The van der Waals surface area contributed by atoms with Crippen LogP contribution in [0.2, 0.25) is 0 Å². The van der Waals surface area contributed by atoms with E-state index in [0.717, 1.165) is 23.5 Å². The predicted molar refractivity (Wildman–Crippen MR) is 114 cm³/mol. The van der Waals surface area contributed by atoms with Crippen molar-refractivity contribution in [2.45, 2.75) is 52.0 Å². The van der Waals surface area contributed by atoms with Gasteiger partial charge in [-0.25, -0.2) is 17.9 Å². The molecule has 1 aromatic carbocycles. The first-order valence-electron chi connectivity index (χ1n) is 10.6. The number of benzene rings is 1. The summed E-state index contributed by atoms with van der Waals surface area (Å²) in [5.74, 6) is 1.21. The van der Waals surface area contributed by atoms with Crippen molar-refractivity contribution in [1.82, 2.24) is 14.9 Å². The van der Waals surface area contributed by atoms with E-state index < -0.39 is 10.0 Å². The van der Waals surface area contributed by atoms with Gasteiger partial charge in [-0.15, -0.1) is 0 Å². The third kappa shape index (κ3) is 6.70. The van der Waals surface area contributed by atoms with Crippen molar-refractivity contribution >= 4 is 22.0 Å². The van der Waals surface area contributed by atoms with Crippen molar-refractivity contribution < 1.29 is 22.7 Å². The zero-order chi connectivity index (χ0) is 21.7. The summed E-state index contributed by atoms with van der Waals surface area (Å²) in [4.78, 5) is 24.1. The van der Waals surface area contributed by atoms with E-state index in [1.165, 1.54) is 17.7 Å². The molecule has 1 unspecified atom stereocenters. The Morgan fingerprint density at radius 3 is 2.67 bits per heavy atom. The maximum absolute atomic E-state index is 12.4. The average Bonchev–Trinajstić information content (AvgIpc) is 3.44. The summed E-state index contributed by atoms with van der Waals surface area (Å²) in [6.07, 6.45) is 4.26. The minimum Gasteiger partial charge on any atom is -0.493 e. The summed E-state index contributed by atoms with van der Waals surface area (Å²) >= 11 is 0. The number of sulfonamides is 1. The van der Waals surface area contributed by atoms with E-state index in [1.54, 1.807) is 0 Å². The minimum atomic E-state index is -3.42. The van der Waals surface area contributed by atoms with Gasteiger partial charge in [0.2, 0.25) is 15.9 Å². The molecule has 0 radical (unpaired) electrons. The lowest BCUT2D eigenvalue weighted by Crippen LogP contribution is -2.30. The monoisotopic (exact) mass is 437 g/mol. The number of hydrogen-bond donors (Lipinski definition) is 2. The maximum Gasteiger partial charge on any atom is 0.324 e. The molecule has 9 heteroatoms. The van der Waals surface area contributed by atoms with Gasteiger partial charge in [0.15, 0.2) is 0 Å². The number of nitrogens with zero attached hydrogens (tertiary/aromatic N) is 1. The van der Waals surface area contributed by atoms with E-state index >= 15 is 0 Å². The van der Waals surface area contributed by atoms with Crippen molar-refractivity contribution in [3.8, 4) is 5.75 Å². The second-order valence-corrected chi connectivity index (χ2v) is 10.1. The second-order valence-electron chi connectivity index (χ2n) is 8.27. The normalized spacial score (nSPS) is 17.9. The van der Waals surface area contributed by atoms with E-state index in [2.05, 4.69) is 10.0 Å². The summed E-state index contributed by atoms with van der Waals surface area (Å²) < 4.78 is 33.5. The Kier molecular flexibility index (Phi) is 7.36. The fourth-order valence-electron chi connectivity index (χ4n) is 3.37. The van der Waals surface area contributed by atoms with E-state index in [0.29, 0.717) is 31.7 Å². The molecule has 166 valence electrons. The van der Waals surface area contributed by atoms with Crippen molar-refractivity contribution in [2.75, 3.05) is 25.4 Å². The molecule has 1 saturated heterocycles. The fraction of sp³-hybridized carbons (Fsp3) is 0.619. The number of amides is 3. The standard InChI is InChI=1S/C21H31N3O5S/c1-15-6-9-18(12-19(15)29-14-17-7-8-17)16(2)23-30(27,28)11-5-3-4-10-24-13-20(25)22-21(24)26/h6,9,12,16-17,23H,3-5,7-8,10-11,13-14H2,1-2H3,(H,22,25,26).